The summed E-state index contributed by atoms with van der Waals surface area (Å²) in [6.07, 6.45) is 8.72. The topological polar surface area (TPSA) is 129 Å². The predicted octanol–water partition coefficient (Wildman–Crippen LogP) is 4.03. The average Bonchev–Trinajstić information content (AvgIpc) is 2.55. The molecular formula is C17H27O7PS. The van der Waals surface area contributed by atoms with Crippen LogP contribution in [0.3, 0.4) is 0 Å². The van der Waals surface area contributed by atoms with Crippen LogP contribution in [0, 0.1) is 0 Å². The monoisotopic (exact) mass is 406 g/mol. The van der Waals surface area contributed by atoms with Gasteiger partial charge in [0, 0.05) is 0 Å². The molecule has 1 rings (SSSR count). The second-order valence-electron chi connectivity index (χ2n) is 5.67. The summed E-state index contributed by atoms with van der Waals surface area (Å²) in [6.45, 7) is 6.92. The van der Waals surface area contributed by atoms with Gasteiger partial charge in [-0.25, -0.2) is 9.59 Å². The van der Waals surface area contributed by atoms with Gasteiger partial charge >= 0.3 is 11.9 Å². The molecule has 0 heterocycles. The van der Waals surface area contributed by atoms with Crippen molar-refractivity contribution < 1.29 is 32.8 Å². The van der Waals surface area contributed by atoms with Gasteiger partial charge in [-0.05, 0) is 36.7 Å². The fourth-order valence-corrected chi connectivity index (χ4v) is 5.40. The third-order valence-corrected chi connectivity index (χ3v) is 7.39. The zero-order chi connectivity index (χ0) is 20.3. The summed E-state index contributed by atoms with van der Waals surface area (Å²) in [7, 11) is -4.20. The first-order valence-corrected chi connectivity index (χ1v) is 11.7. The van der Waals surface area contributed by atoms with Gasteiger partial charge in [-0.1, -0.05) is 40.0 Å². The number of carbonyl (C=O) groups is 2. The van der Waals surface area contributed by atoms with Crippen LogP contribution in [0.4, 0.5) is 0 Å². The van der Waals surface area contributed by atoms with Crippen molar-refractivity contribution >= 4 is 30.0 Å². The summed E-state index contributed by atoms with van der Waals surface area (Å²) in [4.78, 5) is 20.4. The molecule has 0 aliphatic heterocycles. The van der Waals surface area contributed by atoms with Crippen LogP contribution in [0.2, 0.25) is 0 Å². The molecule has 0 spiro atoms. The molecule has 1 aromatic carbocycles. The summed E-state index contributed by atoms with van der Waals surface area (Å²) >= 11 is 0. The van der Waals surface area contributed by atoms with Crippen molar-refractivity contribution in [1.82, 2.24) is 0 Å². The SMILES string of the molecule is CCCP(CCC)CCC.O=C(O)c1cc(C(=O)O)cc(S(=O)(=O)O)c1. The van der Waals surface area contributed by atoms with Gasteiger partial charge in [-0.2, -0.15) is 8.42 Å². The lowest BCUT2D eigenvalue weighted by Gasteiger charge is -2.13. The lowest BCUT2D eigenvalue weighted by Crippen LogP contribution is -2.07. The summed E-state index contributed by atoms with van der Waals surface area (Å²) < 4.78 is 30.2. The van der Waals surface area contributed by atoms with E-state index >= 15 is 0 Å². The van der Waals surface area contributed by atoms with Gasteiger partial charge in [0.15, 0.2) is 0 Å². The van der Waals surface area contributed by atoms with Gasteiger partial charge in [-0.15, -0.1) is 7.92 Å². The van der Waals surface area contributed by atoms with Crippen LogP contribution in [-0.2, 0) is 10.1 Å². The van der Waals surface area contributed by atoms with E-state index in [1.165, 1.54) is 37.7 Å². The predicted molar refractivity (Wildman–Crippen MR) is 103 cm³/mol. The van der Waals surface area contributed by atoms with E-state index in [-0.39, 0.29) is 0 Å². The van der Waals surface area contributed by atoms with E-state index in [9.17, 15) is 18.0 Å². The highest BCUT2D eigenvalue weighted by Gasteiger charge is 2.17. The number of carboxylic acid groups (broad SMARTS) is 2. The van der Waals surface area contributed by atoms with Crippen molar-refractivity contribution in [2.45, 2.75) is 44.9 Å². The Balaban J connectivity index is 0.000000541. The molecule has 0 fully saturated rings. The molecule has 1 aromatic rings. The molecular weight excluding hydrogens is 379 g/mol. The second kappa shape index (κ2) is 12.0. The van der Waals surface area contributed by atoms with E-state index in [1.54, 1.807) is 0 Å². The number of aromatic carboxylic acids is 2. The molecule has 0 aliphatic rings. The smallest absolute Gasteiger partial charge is 0.335 e. The lowest BCUT2D eigenvalue weighted by atomic mass is 10.1. The third-order valence-electron chi connectivity index (χ3n) is 3.32. The van der Waals surface area contributed by atoms with Gasteiger partial charge < -0.3 is 10.2 Å². The lowest BCUT2D eigenvalue weighted by molar-refractivity contribution is 0.0696. The number of hydrogen-bond acceptors (Lipinski definition) is 4. The number of hydrogen-bond donors (Lipinski definition) is 3. The Morgan fingerprint density at radius 2 is 1.19 bits per heavy atom. The van der Waals surface area contributed by atoms with E-state index in [0.717, 1.165) is 6.07 Å². The molecule has 0 aromatic heterocycles. The van der Waals surface area contributed by atoms with Gasteiger partial charge in [0.05, 0.1) is 16.0 Å². The van der Waals surface area contributed by atoms with Gasteiger partial charge in [0.1, 0.15) is 0 Å². The summed E-state index contributed by atoms with van der Waals surface area (Å²) in [5, 5.41) is 17.2. The van der Waals surface area contributed by atoms with E-state index in [1.807, 2.05) is 0 Å². The van der Waals surface area contributed by atoms with Crippen LogP contribution in [0.15, 0.2) is 23.1 Å². The van der Waals surface area contributed by atoms with Crippen LogP contribution in [0.1, 0.15) is 60.7 Å². The zero-order valence-electron chi connectivity index (χ0n) is 15.3. The first-order chi connectivity index (χ1) is 12.1. The van der Waals surface area contributed by atoms with Crippen molar-refractivity contribution in [2.24, 2.45) is 0 Å². The number of benzene rings is 1. The fraction of sp³-hybridized carbons (Fsp3) is 0.529. The molecule has 9 heteroatoms. The Kier molecular flexibility index (Phi) is 11.3. The largest absolute Gasteiger partial charge is 0.478 e. The summed E-state index contributed by atoms with van der Waals surface area (Å²) in [6, 6.07) is 2.13. The Morgan fingerprint density at radius 1 is 0.846 bits per heavy atom. The van der Waals surface area contributed by atoms with Gasteiger partial charge in [0.25, 0.3) is 10.1 Å². The van der Waals surface area contributed by atoms with E-state index in [0.29, 0.717) is 20.1 Å². The molecule has 0 radical (unpaired) electrons. The Hall–Kier alpha value is -1.50. The van der Waals surface area contributed by atoms with E-state index < -0.39 is 38.1 Å². The molecule has 148 valence electrons. The Labute approximate surface area is 155 Å². The molecule has 0 aliphatic carbocycles. The average molecular weight is 406 g/mol. The number of carboxylic acids is 2. The van der Waals surface area contributed by atoms with Crippen LogP contribution in [0.5, 0.6) is 0 Å². The van der Waals surface area contributed by atoms with Crippen LogP contribution >= 0.6 is 7.92 Å². The standard InChI is InChI=1S/C9H21P.C8H6O7S/c1-4-7-10(8-5-2)9-6-3;9-7(10)4-1-5(8(11)12)3-6(2-4)16(13,14)15/h4-9H2,1-3H3;1-3H,(H,9,10)(H,11,12)(H,13,14,15). The summed E-state index contributed by atoms with van der Waals surface area (Å²) in [5.74, 6) is -2.99. The molecule has 0 saturated heterocycles. The minimum absolute atomic E-state index is 0.439. The number of rotatable bonds is 9. The first-order valence-electron chi connectivity index (χ1n) is 8.38. The molecule has 0 atom stereocenters. The molecule has 0 amide bonds. The van der Waals surface area contributed by atoms with Crippen LogP contribution in [-0.4, -0.2) is 53.6 Å². The molecule has 0 bridgehead atoms. The first kappa shape index (κ1) is 24.5. The maximum atomic E-state index is 10.8. The van der Waals surface area contributed by atoms with E-state index in [4.69, 9.17) is 14.8 Å². The molecule has 0 saturated carbocycles. The van der Waals surface area contributed by atoms with Gasteiger partial charge in [0.2, 0.25) is 0 Å². The minimum Gasteiger partial charge on any atom is -0.478 e. The highest BCUT2D eigenvalue weighted by molar-refractivity contribution is 7.85. The maximum absolute atomic E-state index is 10.8. The Bertz CT molecular complexity index is 655. The fourth-order valence-electron chi connectivity index (χ4n) is 2.28. The highest BCUT2D eigenvalue weighted by atomic mass is 32.2. The quantitative estimate of drug-likeness (QED) is 0.417. The minimum atomic E-state index is -4.64. The van der Waals surface area contributed by atoms with Crippen molar-refractivity contribution in [1.29, 1.82) is 0 Å². The molecule has 7 nitrogen and oxygen atoms in total. The molecule has 0 unspecified atom stereocenters. The maximum Gasteiger partial charge on any atom is 0.335 e. The van der Waals surface area contributed by atoms with Crippen LogP contribution < -0.4 is 0 Å². The summed E-state index contributed by atoms with van der Waals surface area (Å²) in [5.41, 5.74) is -1.07. The van der Waals surface area contributed by atoms with Crippen molar-refractivity contribution in [3.63, 3.8) is 0 Å². The zero-order valence-corrected chi connectivity index (χ0v) is 17.0. The third kappa shape index (κ3) is 9.27. The Morgan fingerprint density at radius 3 is 1.42 bits per heavy atom. The highest BCUT2D eigenvalue weighted by Crippen LogP contribution is 2.37. The molecule has 3 N–H and O–H groups in total. The van der Waals surface area contributed by atoms with Crippen LogP contribution in [0.25, 0.3) is 0 Å². The van der Waals surface area contributed by atoms with Crippen molar-refractivity contribution in [3.8, 4) is 0 Å². The van der Waals surface area contributed by atoms with Crippen molar-refractivity contribution in [2.75, 3.05) is 18.5 Å². The van der Waals surface area contributed by atoms with Crippen molar-refractivity contribution in [3.05, 3.63) is 29.3 Å². The van der Waals surface area contributed by atoms with E-state index in [2.05, 4.69) is 20.8 Å². The second-order valence-corrected chi connectivity index (χ2v) is 9.78. The molecule has 26 heavy (non-hydrogen) atoms. The normalized spacial score (nSPS) is 11.0. The van der Waals surface area contributed by atoms with Gasteiger partial charge in [-0.3, -0.25) is 4.55 Å².